The Bertz CT molecular complexity index is 2140. The number of nitrogen functional groups attached to an aromatic ring is 4. The molecular formula is C39H36N12O6. The van der Waals surface area contributed by atoms with Crippen LogP contribution in [0.15, 0.2) is 109 Å². The number of nitrogens with one attached hydrogen (secondary N) is 4. The second kappa shape index (κ2) is 17.7. The van der Waals surface area contributed by atoms with Crippen LogP contribution in [0.1, 0.15) is 47.9 Å². The van der Waals surface area contributed by atoms with Gasteiger partial charge >= 0.3 is 0 Å². The zero-order chi connectivity index (χ0) is 40.3. The van der Waals surface area contributed by atoms with Crippen LogP contribution >= 0.6 is 0 Å². The minimum Gasteiger partial charge on any atom is -0.493 e. The van der Waals surface area contributed by atoms with Crippen LogP contribution in [-0.2, 0) is 0 Å². The minimum atomic E-state index is -0.570. The van der Waals surface area contributed by atoms with Crippen molar-refractivity contribution in [1.82, 2.24) is 19.9 Å². The lowest BCUT2D eigenvalue weighted by Crippen LogP contribution is -2.18. The largest absolute Gasteiger partial charge is 0.493 e. The second-order valence-electron chi connectivity index (χ2n) is 12.1. The Morgan fingerprint density at radius 3 is 0.930 bits per heavy atom. The minimum absolute atomic E-state index is 0.0788. The molecule has 12 N–H and O–H groups in total. The molecule has 0 radical (unpaired) electrons. The third-order valence-corrected chi connectivity index (χ3v) is 7.74. The summed E-state index contributed by atoms with van der Waals surface area (Å²) in [5.41, 5.74) is 23.4. The van der Waals surface area contributed by atoms with Gasteiger partial charge in [0, 0.05) is 28.7 Å². The molecule has 6 rings (SSSR count). The van der Waals surface area contributed by atoms with Crippen LogP contribution in [0, 0.1) is 0 Å². The molecule has 0 unspecified atom stereocenters. The number of carbonyl (C=O) groups is 4. The maximum Gasteiger partial charge on any atom is 0.256 e. The summed E-state index contributed by atoms with van der Waals surface area (Å²) in [5, 5.41) is 10.6. The zero-order valence-electron chi connectivity index (χ0n) is 30.1. The van der Waals surface area contributed by atoms with E-state index in [0.717, 1.165) is 0 Å². The predicted octanol–water partition coefficient (Wildman–Crippen LogP) is 4.45. The number of benzene rings is 2. The van der Waals surface area contributed by atoms with E-state index in [4.69, 9.17) is 32.4 Å². The van der Waals surface area contributed by atoms with Crippen LogP contribution in [0.25, 0.3) is 0 Å². The van der Waals surface area contributed by atoms with Crippen molar-refractivity contribution in [1.29, 1.82) is 0 Å². The average Bonchev–Trinajstić information content (AvgIpc) is 3.17. The zero-order valence-corrected chi connectivity index (χ0v) is 30.1. The second-order valence-corrected chi connectivity index (χ2v) is 12.1. The molecule has 0 aliphatic heterocycles. The number of aromatic nitrogens is 4. The van der Waals surface area contributed by atoms with E-state index < -0.39 is 23.6 Å². The van der Waals surface area contributed by atoms with Crippen LogP contribution in [-0.4, -0.2) is 56.8 Å². The Morgan fingerprint density at radius 1 is 0.421 bits per heavy atom. The highest BCUT2D eigenvalue weighted by molar-refractivity contribution is 6.10. The van der Waals surface area contributed by atoms with Crippen LogP contribution in [0.2, 0.25) is 0 Å². The van der Waals surface area contributed by atoms with Crippen LogP contribution in [0.5, 0.6) is 11.5 Å². The number of rotatable bonds is 14. The van der Waals surface area contributed by atoms with Gasteiger partial charge in [0.05, 0.1) is 13.2 Å². The van der Waals surface area contributed by atoms with Crippen molar-refractivity contribution in [2.45, 2.75) is 6.42 Å². The molecule has 288 valence electrons. The Balaban J connectivity index is 1.16. The van der Waals surface area contributed by atoms with Gasteiger partial charge in [-0.3, -0.25) is 19.2 Å². The molecule has 57 heavy (non-hydrogen) atoms. The van der Waals surface area contributed by atoms with Gasteiger partial charge in [0.2, 0.25) is 0 Å². The van der Waals surface area contributed by atoms with E-state index >= 15 is 0 Å². The molecule has 2 aromatic carbocycles. The molecule has 0 saturated heterocycles. The van der Waals surface area contributed by atoms with Gasteiger partial charge < -0.3 is 53.7 Å². The van der Waals surface area contributed by atoms with Gasteiger partial charge in [-0.2, -0.15) is 0 Å². The first-order valence-electron chi connectivity index (χ1n) is 17.2. The molecule has 0 saturated carbocycles. The summed E-state index contributed by atoms with van der Waals surface area (Å²) >= 11 is 0. The standard InChI is InChI=1S/C39H36N12O6/c40-28-6-1-10-32(44-28)48-36(52)22-16-23(37(53)49-33-11-2-7-29(41)45-33)19-26(18-22)56-14-5-15-57-27-20-24(38(54)50-34-12-3-8-30(42)46-34)17-25(21-27)39(55)51-35-13-4-9-31(43)47-35/h1-4,6-13,16-21H,5,14-15H2,(H3,40,44,48,52)(H3,41,45,49,53)(H3,42,46,50,54)(H3,43,47,51,55). The first-order chi connectivity index (χ1) is 27.5. The average molecular weight is 769 g/mol. The Labute approximate surface area is 325 Å². The van der Waals surface area contributed by atoms with E-state index in [1.54, 1.807) is 72.8 Å². The van der Waals surface area contributed by atoms with Gasteiger partial charge in [0.25, 0.3) is 23.6 Å². The van der Waals surface area contributed by atoms with Crippen molar-refractivity contribution >= 4 is 70.2 Å². The number of anilines is 8. The number of hydrogen-bond donors (Lipinski definition) is 8. The van der Waals surface area contributed by atoms with E-state index in [1.165, 1.54) is 36.4 Å². The Morgan fingerprint density at radius 2 is 0.684 bits per heavy atom. The summed E-state index contributed by atoms with van der Waals surface area (Å²) in [6, 6.07) is 27.8. The fourth-order valence-electron chi connectivity index (χ4n) is 5.17. The number of nitrogens with two attached hydrogens (primary N) is 4. The van der Waals surface area contributed by atoms with E-state index in [2.05, 4.69) is 41.2 Å². The number of ether oxygens (including phenoxy) is 2. The highest BCUT2D eigenvalue weighted by atomic mass is 16.5. The number of hydrogen-bond acceptors (Lipinski definition) is 14. The summed E-state index contributed by atoms with van der Waals surface area (Å²) in [7, 11) is 0. The predicted molar refractivity (Wildman–Crippen MR) is 215 cm³/mol. The quantitative estimate of drug-likeness (QED) is 0.0711. The molecule has 0 bridgehead atoms. The van der Waals surface area contributed by atoms with Crippen LogP contribution in [0.4, 0.5) is 46.5 Å². The van der Waals surface area contributed by atoms with Crippen molar-refractivity contribution in [3.05, 3.63) is 131 Å². The lowest BCUT2D eigenvalue weighted by Gasteiger charge is -2.13. The SMILES string of the molecule is Nc1cccc(NC(=O)c2cc(OCCCOc3cc(C(=O)Nc4cccc(N)n4)cc(C(=O)Nc4cccc(N)n4)c3)cc(C(=O)Nc3cccc(N)n3)c2)n1. The first kappa shape index (κ1) is 38.4. The van der Waals surface area contributed by atoms with Crippen molar-refractivity contribution in [3.8, 4) is 11.5 Å². The molecule has 18 heteroatoms. The molecule has 6 aromatic rings. The molecule has 0 aliphatic rings. The molecule has 18 nitrogen and oxygen atoms in total. The maximum absolute atomic E-state index is 13.3. The Kier molecular flexibility index (Phi) is 11.9. The normalized spacial score (nSPS) is 10.5. The van der Waals surface area contributed by atoms with Crippen molar-refractivity contribution in [2.75, 3.05) is 57.4 Å². The molecule has 4 heterocycles. The molecule has 4 aromatic heterocycles. The summed E-state index contributed by atoms with van der Waals surface area (Å²) in [6.45, 7) is 0.158. The highest BCUT2D eigenvalue weighted by Crippen LogP contribution is 2.23. The fraction of sp³-hybridized carbons (Fsp3) is 0.0769. The molecule has 0 aliphatic carbocycles. The number of carbonyl (C=O) groups excluding carboxylic acids is 4. The van der Waals surface area contributed by atoms with Crippen LogP contribution in [0.3, 0.4) is 0 Å². The van der Waals surface area contributed by atoms with Crippen molar-refractivity contribution < 1.29 is 28.7 Å². The summed E-state index contributed by atoms with van der Waals surface area (Å²) < 4.78 is 11.9. The fourth-order valence-corrected chi connectivity index (χ4v) is 5.17. The first-order valence-corrected chi connectivity index (χ1v) is 17.2. The van der Waals surface area contributed by atoms with Crippen molar-refractivity contribution in [3.63, 3.8) is 0 Å². The molecule has 4 amide bonds. The monoisotopic (exact) mass is 768 g/mol. The summed E-state index contributed by atoms with van der Waals surface area (Å²) in [5.74, 6) is -0.183. The van der Waals surface area contributed by atoms with Crippen molar-refractivity contribution in [2.24, 2.45) is 0 Å². The third-order valence-electron chi connectivity index (χ3n) is 7.74. The molecular weight excluding hydrogens is 733 g/mol. The van der Waals surface area contributed by atoms with E-state index in [-0.39, 0.29) is 93.5 Å². The molecule has 0 atom stereocenters. The number of amides is 4. The molecule has 0 spiro atoms. The van der Waals surface area contributed by atoms with E-state index in [1.807, 2.05) is 0 Å². The summed E-state index contributed by atoms with van der Waals surface area (Å²) in [4.78, 5) is 69.5. The van der Waals surface area contributed by atoms with Gasteiger partial charge in [-0.1, -0.05) is 24.3 Å². The Hall–Kier alpha value is -8.28. The van der Waals surface area contributed by atoms with Gasteiger partial charge in [-0.15, -0.1) is 0 Å². The number of pyridine rings is 4. The smallest absolute Gasteiger partial charge is 0.256 e. The third kappa shape index (κ3) is 10.9. The summed E-state index contributed by atoms with van der Waals surface area (Å²) in [6.07, 6.45) is 0.302. The lowest BCUT2D eigenvalue weighted by atomic mass is 10.1. The molecule has 0 fully saturated rings. The number of nitrogens with zero attached hydrogens (tertiary/aromatic N) is 4. The topological polar surface area (TPSA) is 290 Å². The van der Waals surface area contributed by atoms with E-state index in [9.17, 15) is 19.2 Å². The highest BCUT2D eigenvalue weighted by Gasteiger charge is 2.18. The van der Waals surface area contributed by atoms with Gasteiger partial charge in [-0.25, -0.2) is 19.9 Å². The van der Waals surface area contributed by atoms with Crippen LogP contribution < -0.4 is 53.7 Å². The maximum atomic E-state index is 13.3. The lowest BCUT2D eigenvalue weighted by molar-refractivity contribution is 0.101. The van der Waals surface area contributed by atoms with Gasteiger partial charge in [0.15, 0.2) is 0 Å². The van der Waals surface area contributed by atoms with E-state index in [0.29, 0.717) is 6.42 Å². The van der Waals surface area contributed by atoms with Gasteiger partial charge in [-0.05, 0) is 84.9 Å². The van der Waals surface area contributed by atoms with Gasteiger partial charge in [0.1, 0.15) is 58.0 Å².